The van der Waals surface area contributed by atoms with Gasteiger partial charge in [-0.05, 0) is 38.1 Å². The van der Waals surface area contributed by atoms with Crippen LogP contribution in [-0.2, 0) is 6.54 Å². The predicted octanol–water partition coefficient (Wildman–Crippen LogP) is 2.31. The normalized spacial score (nSPS) is 12.8. The molecule has 1 aromatic carbocycles. The van der Waals surface area contributed by atoms with E-state index in [1.807, 2.05) is 34.9 Å². The number of nitrogens with zero attached hydrogens (tertiary/aromatic N) is 5. The second-order valence-electron chi connectivity index (χ2n) is 6.42. The number of nitrogens with one attached hydrogen (secondary N) is 2. The van der Waals surface area contributed by atoms with Gasteiger partial charge < -0.3 is 15.5 Å². The van der Waals surface area contributed by atoms with Crippen molar-refractivity contribution in [1.82, 2.24) is 25.2 Å². The summed E-state index contributed by atoms with van der Waals surface area (Å²) in [6, 6.07) is 16.5. The molecule has 3 rings (SSSR count). The van der Waals surface area contributed by atoms with Crippen LogP contribution in [0.5, 0.6) is 0 Å². The van der Waals surface area contributed by atoms with Crippen molar-refractivity contribution < 1.29 is 0 Å². The number of rotatable bonds is 7. The van der Waals surface area contributed by atoms with E-state index < -0.39 is 0 Å². The Morgan fingerprint density at radius 1 is 1.11 bits per heavy atom. The van der Waals surface area contributed by atoms with Gasteiger partial charge in [0, 0.05) is 38.1 Å². The number of guanidine groups is 1. The van der Waals surface area contributed by atoms with Gasteiger partial charge >= 0.3 is 0 Å². The van der Waals surface area contributed by atoms with Crippen molar-refractivity contribution in [2.24, 2.45) is 4.99 Å². The molecule has 2 heterocycles. The van der Waals surface area contributed by atoms with E-state index in [1.165, 1.54) is 5.69 Å². The zero-order valence-corrected chi connectivity index (χ0v) is 16.1. The topological polar surface area (TPSA) is 69.8 Å². The van der Waals surface area contributed by atoms with Gasteiger partial charge in [-0.15, -0.1) is 10.2 Å². The number of pyridine rings is 1. The summed E-state index contributed by atoms with van der Waals surface area (Å²) in [5, 5.41) is 15.1. The molecular weight excluding hydrogens is 338 g/mol. The molecule has 0 bridgehead atoms. The van der Waals surface area contributed by atoms with E-state index in [9.17, 15) is 0 Å². The van der Waals surface area contributed by atoms with E-state index in [-0.39, 0.29) is 0 Å². The molecule has 1 unspecified atom stereocenters. The summed E-state index contributed by atoms with van der Waals surface area (Å²) in [4.78, 5) is 6.92. The van der Waals surface area contributed by atoms with Gasteiger partial charge in [-0.1, -0.05) is 24.3 Å². The Hall–Kier alpha value is -3.09. The van der Waals surface area contributed by atoms with Crippen molar-refractivity contribution in [3.63, 3.8) is 0 Å². The number of aliphatic imine (C=N–C) groups is 1. The first kappa shape index (κ1) is 18.7. The van der Waals surface area contributed by atoms with Crippen LogP contribution in [0.3, 0.4) is 0 Å². The molecule has 142 valence electrons. The Balaban J connectivity index is 1.62. The number of anilines is 1. The van der Waals surface area contributed by atoms with Crippen LogP contribution in [0.25, 0.3) is 5.65 Å². The van der Waals surface area contributed by atoms with Gasteiger partial charge in [0.2, 0.25) is 0 Å². The molecule has 2 N–H and O–H groups in total. The highest BCUT2D eigenvalue weighted by Crippen LogP contribution is 2.13. The van der Waals surface area contributed by atoms with Crippen molar-refractivity contribution >= 4 is 17.3 Å². The summed E-state index contributed by atoms with van der Waals surface area (Å²) in [6.07, 6.45) is 1.96. The summed E-state index contributed by atoms with van der Waals surface area (Å²) in [7, 11) is 2.11. The molecule has 0 fully saturated rings. The zero-order chi connectivity index (χ0) is 19.1. The lowest BCUT2D eigenvalue weighted by Crippen LogP contribution is -2.45. The Morgan fingerprint density at radius 3 is 2.67 bits per heavy atom. The fraction of sp³-hybridized carbons (Fsp3) is 0.350. The van der Waals surface area contributed by atoms with Crippen molar-refractivity contribution in [2.75, 3.05) is 25.0 Å². The minimum atomic E-state index is 0.310. The number of para-hydroxylation sites is 1. The van der Waals surface area contributed by atoms with Gasteiger partial charge in [0.25, 0.3) is 0 Å². The first-order valence-electron chi connectivity index (χ1n) is 9.27. The lowest BCUT2D eigenvalue weighted by molar-refractivity contribution is 0.648. The molecule has 0 aliphatic heterocycles. The molecule has 2 aromatic heterocycles. The van der Waals surface area contributed by atoms with Gasteiger partial charge in [0.15, 0.2) is 17.4 Å². The molecule has 1 atom stereocenters. The number of fused-ring (bicyclic) bond motifs is 1. The van der Waals surface area contributed by atoms with Gasteiger partial charge in [-0.25, -0.2) is 4.99 Å². The number of benzene rings is 1. The van der Waals surface area contributed by atoms with Crippen LogP contribution < -0.4 is 15.5 Å². The predicted molar refractivity (Wildman–Crippen MR) is 110 cm³/mol. The lowest BCUT2D eigenvalue weighted by atomic mass is 10.2. The first-order valence-corrected chi connectivity index (χ1v) is 9.27. The van der Waals surface area contributed by atoms with E-state index in [1.54, 1.807) is 0 Å². The molecule has 0 spiro atoms. The van der Waals surface area contributed by atoms with Crippen molar-refractivity contribution in [3.8, 4) is 0 Å². The first-order chi connectivity index (χ1) is 13.2. The SMILES string of the molecule is CCNC(=NCc1nnc2ccccn12)NCC(C)N(C)c1ccccc1. The summed E-state index contributed by atoms with van der Waals surface area (Å²) in [6.45, 7) is 6.29. The molecule has 0 aliphatic carbocycles. The van der Waals surface area contributed by atoms with Crippen LogP contribution in [0.4, 0.5) is 5.69 Å². The molecule has 0 saturated carbocycles. The Labute approximate surface area is 160 Å². The van der Waals surface area contributed by atoms with Gasteiger partial charge in [0.05, 0.1) is 0 Å². The number of likely N-dealkylation sites (N-methyl/N-ethyl adjacent to an activating group) is 1. The summed E-state index contributed by atoms with van der Waals surface area (Å²) >= 11 is 0. The molecule has 3 aromatic rings. The fourth-order valence-electron chi connectivity index (χ4n) is 2.79. The highest BCUT2D eigenvalue weighted by Gasteiger charge is 2.11. The van der Waals surface area contributed by atoms with Crippen LogP contribution in [-0.4, -0.2) is 46.7 Å². The summed E-state index contributed by atoms with van der Waals surface area (Å²) < 4.78 is 1.96. The van der Waals surface area contributed by atoms with Crippen LogP contribution in [0, 0.1) is 0 Å². The second kappa shape index (κ2) is 9.02. The van der Waals surface area contributed by atoms with Crippen molar-refractivity contribution in [1.29, 1.82) is 0 Å². The molecule has 0 radical (unpaired) electrons. The molecule has 27 heavy (non-hydrogen) atoms. The Bertz CT molecular complexity index is 872. The third-order valence-electron chi connectivity index (χ3n) is 4.50. The Morgan fingerprint density at radius 2 is 1.89 bits per heavy atom. The van der Waals surface area contributed by atoms with Gasteiger partial charge in [0.1, 0.15) is 6.54 Å². The molecule has 7 nitrogen and oxygen atoms in total. The van der Waals surface area contributed by atoms with Crippen LogP contribution in [0.2, 0.25) is 0 Å². The lowest BCUT2D eigenvalue weighted by Gasteiger charge is -2.27. The second-order valence-corrected chi connectivity index (χ2v) is 6.42. The van der Waals surface area contributed by atoms with Gasteiger partial charge in [-0.2, -0.15) is 0 Å². The van der Waals surface area contributed by atoms with Crippen LogP contribution >= 0.6 is 0 Å². The van der Waals surface area contributed by atoms with Crippen molar-refractivity contribution in [3.05, 3.63) is 60.6 Å². The molecular formula is C20H27N7. The third kappa shape index (κ3) is 4.75. The molecule has 0 saturated heterocycles. The maximum atomic E-state index is 4.66. The standard InChI is InChI=1S/C20H27N7/c1-4-21-20(22-14-16(2)26(3)17-10-6-5-7-11-17)23-15-19-25-24-18-12-8-9-13-27(18)19/h5-13,16H,4,14-15H2,1-3H3,(H2,21,22,23). The van der Waals surface area contributed by atoms with E-state index in [2.05, 4.69) is 75.9 Å². The highest BCUT2D eigenvalue weighted by atomic mass is 15.3. The van der Waals surface area contributed by atoms with Crippen molar-refractivity contribution in [2.45, 2.75) is 26.4 Å². The third-order valence-corrected chi connectivity index (χ3v) is 4.50. The van der Waals surface area contributed by atoms with E-state index in [0.717, 1.165) is 30.5 Å². The van der Waals surface area contributed by atoms with Crippen LogP contribution in [0.1, 0.15) is 19.7 Å². The largest absolute Gasteiger partial charge is 0.370 e. The molecule has 0 amide bonds. The minimum absolute atomic E-state index is 0.310. The minimum Gasteiger partial charge on any atom is -0.370 e. The maximum absolute atomic E-state index is 4.66. The average molecular weight is 365 g/mol. The summed E-state index contributed by atoms with van der Waals surface area (Å²) in [5.41, 5.74) is 2.03. The smallest absolute Gasteiger partial charge is 0.191 e. The van der Waals surface area contributed by atoms with Gasteiger partial charge in [-0.3, -0.25) is 4.40 Å². The summed E-state index contributed by atoms with van der Waals surface area (Å²) in [5.74, 6) is 1.59. The Kier molecular flexibility index (Phi) is 6.25. The average Bonchev–Trinajstić information content (AvgIpc) is 3.13. The van der Waals surface area contributed by atoms with E-state index in [0.29, 0.717) is 12.6 Å². The molecule has 7 heteroatoms. The fourth-order valence-corrected chi connectivity index (χ4v) is 2.79. The quantitative estimate of drug-likeness (QED) is 0.497. The maximum Gasteiger partial charge on any atom is 0.191 e. The highest BCUT2D eigenvalue weighted by molar-refractivity contribution is 5.79. The van der Waals surface area contributed by atoms with Crippen LogP contribution in [0.15, 0.2) is 59.7 Å². The molecule has 0 aliphatic rings. The van der Waals surface area contributed by atoms with E-state index in [4.69, 9.17) is 0 Å². The number of hydrogen-bond donors (Lipinski definition) is 2. The zero-order valence-electron chi connectivity index (χ0n) is 16.1. The van der Waals surface area contributed by atoms with E-state index >= 15 is 0 Å². The number of aromatic nitrogens is 3. The monoisotopic (exact) mass is 365 g/mol. The number of hydrogen-bond acceptors (Lipinski definition) is 4.